The summed E-state index contributed by atoms with van der Waals surface area (Å²) in [4.78, 5) is 36.3. The Morgan fingerprint density at radius 1 is 1.09 bits per heavy atom. The third kappa shape index (κ3) is 4.99. The summed E-state index contributed by atoms with van der Waals surface area (Å²) in [5.41, 5.74) is 2.68. The molecular formula is C23H27FN3O4P. The molecule has 0 saturated heterocycles. The van der Waals surface area contributed by atoms with Crippen molar-refractivity contribution >= 4 is 19.2 Å². The molecule has 0 fully saturated rings. The molecule has 0 radical (unpaired) electrons. The maximum Gasteiger partial charge on any atom is 0.335 e. The van der Waals surface area contributed by atoms with Crippen LogP contribution in [-0.4, -0.2) is 25.2 Å². The number of imidazole rings is 1. The van der Waals surface area contributed by atoms with Crippen molar-refractivity contribution in [1.29, 1.82) is 0 Å². The van der Waals surface area contributed by atoms with E-state index in [-0.39, 0.29) is 18.1 Å². The summed E-state index contributed by atoms with van der Waals surface area (Å²) in [6, 6.07) is 12.7. The number of aromatic nitrogens is 2. The molecule has 0 atom stereocenters. The Hall–Kier alpha value is -2.80. The number of hydrogen-bond acceptors (Lipinski definition) is 3. The van der Waals surface area contributed by atoms with Crippen molar-refractivity contribution in [1.82, 2.24) is 9.55 Å². The van der Waals surface area contributed by atoms with Crippen LogP contribution in [0.2, 0.25) is 0 Å². The summed E-state index contributed by atoms with van der Waals surface area (Å²) in [7, 11) is -4.36. The van der Waals surface area contributed by atoms with Crippen molar-refractivity contribution < 1.29 is 23.5 Å². The van der Waals surface area contributed by atoms with Crippen molar-refractivity contribution in [2.45, 2.75) is 44.7 Å². The van der Waals surface area contributed by atoms with Gasteiger partial charge in [-0.15, -0.1) is 0 Å². The number of rotatable bonds is 9. The highest BCUT2D eigenvalue weighted by atomic mass is 31.2. The van der Waals surface area contributed by atoms with E-state index in [9.17, 15) is 23.5 Å². The monoisotopic (exact) mass is 459 g/mol. The summed E-state index contributed by atoms with van der Waals surface area (Å²) in [6.45, 7) is 3.52. The van der Waals surface area contributed by atoms with Crippen LogP contribution in [0.15, 0.2) is 61.1 Å². The number of nitrogens with zero attached hydrogens (tertiary/aromatic N) is 2. The zero-order valence-electron chi connectivity index (χ0n) is 18.0. The average molecular weight is 459 g/mol. The van der Waals surface area contributed by atoms with Gasteiger partial charge in [-0.1, -0.05) is 26.0 Å². The van der Waals surface area contributed by atoms with Gasteiger partial charge in [0, 0.05) is 29.7 Å². The van der Waals surface area contributed by atoms with Crippen LogP contribution < -0.4 is 5.32 Å². The predicted octanol–water partition coefficient (Wildman–Crippen LogP) is 4.78. The van der Waals surface area contributed by atoms with Crippen molar-refractivity contribution in [2.24, 2.45) is 0 Å². The summed E-state index contributed by atoms with van der Waals surface area (Å²) < 4.78 is 27.1. The topological polar surface area (TPSA) is 104 Å². The van der Waals surface area contributed by atoms with Gasteiger partial charge in [-0.05, 0) is 61.2 Å². The average Bonchev–Trinajstić information content (AvgIpc) is 3.23. The lowest BCUT2D eigenvalue weighted by Crippen LogP contribution is -2.24. The van der Waals surface area contributed by atoms with Crippen LogP contribution in [0, 0.1) is 5.82 Å². The van der Waals surface area contributed by atoms with Crippen molar-refractivity contribution in [3.8, 4) is 5.69 Å². The van der Waals surface area contributed by atoms with E-state index < -0.39 is 12.8 Å². The lowest BCUT2D eigenvalue weighted by Gasteiger charge is -2.33. The van der Waals surface area contributed by atoms with Crippen molar-refractivity contribution in [3.63, 3.8) is 0 Å². The van der Waals surface area contributed by atoms with Gasteiger partial charge in [0.15, 0.2) is 0 Å². The van der Waals surface area contributed by atoms with E-state index in [1.165, 1.54) is 12.1 Å². The van der Waals surface area contributed by atoms with Gasteiger partial charge in [0.25, 0.3) is 0 Å². The Morgan fingerprint density at radius 3 is 2.28 bits per heavy atom. The second-order valence-electron chi connectivity index (χ2n) is 7.64. The SMILES string of the molecule is CCC(CC)(c1ccc(NC(=O)CCc2cncn2-c2ccc(F)cc2)cc1)P(=O)(O)O. The number of nitrogens with one attached hydrogen (secondary N) is 1. The van der Waals surface area contributed by atoms with E-state index in [0.717, 1.165) is 11.4 Å². The molecule has 0 unspecified atom stereocenters. The van der Waals surface area contributed by atoms with Gasteiger partial charge >= 0.3 is 7.60 Å². The van der Waals surface area contributed by atoms with Crippen LogP contribution in [0.4, 0.5) is 10.1 Å². The zero-order valence-corrected chi connectivity index (χ0v) is 18.9. The molecule has 0 saturated carbocycles. The Morgan fingerprint density at radius 2 is 1.72 bits per heavy atom. The van der Waals surface area contributed by atoms with Crippen LogP contribution in [0.25, 0.3) is 5.69 Å². The van der Waals surface area contributed by atoms with E-state index in [1.807, 2.05) is 0 Å². The van der Waals surface area contributed by atoms with Gasteiger partial charge < -0.3 is 19.7 Å². The lowest BCUT2D eigenvalue weighted by molar-refractivity contribution is -0.116. The number of amides is 1. The third-order valence-corrected chi connectivity index (χ3v) is 7.87. The first-order valence-electron chi connectivity index (χ1n) is 10.4. The van der Waals surface area contributed by atoms with Gasteiger partial charge in [0.1, 0.15) is 5.82 Å². The Labute approximate surface area is 186 Å². The number of halogens is 1. The first-order valence-corrected chi connectivity index (χ1v) is 12.0. The molecule has 3 aromatic rings. The zero-order chi connectivity index (χ0) is 23.4. The van der Waals surface area contributed by atoms with Gasteiger partial charge in [0.05, 0.1) is 11.5 Å². The number of anilines is 1. The maximum absolute atomic E-state index is 13.2. The molecule has 9 heteroatoms. The molecule has 0 bridgehead atoms. The summed E-state index contributed by atoms with van der Waals surface area (Å²) >= 11 is 0. The molecule has 0 aliphatic rings. The van der Waals surface area contributed by atoms with Crippen LogP contribution >= 0.6 is 7.60 Å². The van der Waals surface area contributed by atoms with Gasteiger partial charge in [0.2, 0.25) is 5.91 Å². The smallest absolute Gasteiger partial charge is 0.326 e. The highest BCUT2D eigenvalue weighted by Crippen LogP contribution is 2.60. The molecule has 7 nitrogen and oxygen atoms in total. The standard InChI is InChI=1S/C23H27FN3O4P/c1-3-23(4-2,32(29,30)31)17-5-9-19(10-6-17)26-22(28)14-13-21-15-25-16-27(21)20-11-7-18(24)8-12-20/h5-12,15-16H,3-4,13-14H2,1-2H3,(H,26,28)(H2,29,30,31). The molecule has 1 heterocycles. The van der Waals surface area contributed by atoms with E-state index >= 15 is 0 Å². The van der Waals surface area contributed by atoms with Gasteiger partial charge in [-0.25, -0.2) is 9.37 Å². The molecule has 3 rings (SSSR count). The fourth-order valence-electron chi connectivity index (χ4n) is 3.91. The number of carbonyl (C=O) groups is 1. The number of benzene rings is 2. The molecule has 32 heavy (non-hydrogen) atoms. The first kappa shape index (κ1) is 23.9. The molecule has 0 aliphatic heterocycles. The molecule has 2 aromatic carbocycles. The number of hydrogen-bond donors (Lipinski definition) is 3. The van der Waals surface area contributed by atoms with E-state index in [2.05, 4.69) is 10.3 Å². The number of aryl methyl sites for hydroxylation is 1. The fraction of sp³-hybridized carbons (Fsp3) is 0.304. The Kier molecular flexibility index (Phi) is 7.29. The van der Waals surface area contributed by atoms with Gasteiger partial charge in [-0.2, -0.15) is 0 Å². The quantitative estimate of drug-likeness (QED) is 0.400. The van der Waals surface area contributed by atoms with E-state index in [0.29, 0.717) is 30.5 Å². The minimum Gasteiger partial charge on any atom is -0.326 e. The molecule has 3 N–H and O–H groups in total. The summed E-state index contributed by atoms with van der Waals surface area (Å²) in [5.74, 6) is -0.520. The van der Waals surface area contributed by atoms with Crippen LogP contribution in [0.3, 0.4) is 0 Å². The summed E-state index contributed by atoms with van der Waals surface area (Å²) in [6.07, 6.45) is 4.55. The highest BCUT2D eigenvalue weighted by Gasteiger charge is 2.45. The van der Waals surface area contributed by atoms with E-state index in [1.54, 1.807) is 67.3 Å². The van der Waals surface area contributed by atoms with Gasteiger partial charge in [-0.3, -0.25) is 9.36 Å². The third-order valence-electron chi connectivity index (χ3n) is 5.86. The van der Waals surface area contributed by atoms with E-state index in [4.69, 9.17) is 0 Å². The van der Waals surface area contributed by atoms with Crippen molar-refractivity contribution in [2.75, 3.05) is 5.32 Å². The molecule has 1 amide bonds. The molecular weight excluding hydrogens is 432 g/mol. The van der Waals surface area contributed by atoms with Crippen LogP contribution in [0.5, 0.6) is 0 Å². The fourth-order valence-corrected chi connectivity index (χ4v) is 5.22. The Bertz CT molecular complexity index is 1100. The minimum absolute atomic E-state index is 0.197. The van der Waals surface area contributed by atoms with Crippen LogP contribution in [-0.2, 0) is 20.9 Å². The lowest BCUT2D eigenvalue weighted by atomic mass is 9.92. The largest absolute Gasteiger partial charge is 0.335 e. The highest BCUT2D eigenvalue weighted by molar-refractivity contribution is 7.53. The Balaban J connectivity index is 1.65. The molecule has 0 spiro atoms. The number of carbonyl (C=O) groups excluding carboxylic acids is 1. The van der Waals surface area contributed by atoms with Crippen molar-refractivity contribution in [3.05, 3.63) is 78.1 Å². The molecule has 170 valence electrons. The van der Waals surface area contributed by atoms with Crippen LogP contribution in [0.1, 0.15) is 44.4 Å². The molecule has 1 aromatic heterocycles. The second-order valence-corrected chi connectivity index (χ2v) is 9.58. The molecule has 0 aliphatic carbocycles. The predicted molar refractivity (Wildman–Crippen MR) is 121 cm³/mol. The summed E-state index contributed by atoms with van der Waals surface area (Å²) in [5, 5.41) is 1.58. The second kappa shape index (κ2) is 9.77. The first-order chi connectivity index (χ1) is 15.2. The minimum atomic E-state index is -4.36. The maximum atomic E-state index is 13.2. The normalized spacial score (nSPS) is 12.0.